The molecule has 0 aliphatic heterocycles. The number of aromatic nitrogens is 2. The average molecular weight is 303 g/mol. The zero-order chi connectivity index (χ0) is 13.5. The van der Waals surface area contributed by atoms with Crippen LogP contribution in [0.3, 0.4) is 0 Å². The first kappa shape index (κ1) is 14.1. The fourth-order valence-electron chi connectivity index (χ4n) is 1.07. The van der Waals surface area contributed by atoms with E-state index in [4.69, 9.17) is 0 Å². The Hall–Kier alpha value is -0.980. The van der Waals surface area contributed by atoms with Crippen LogP contribution >= 0.6 is 0 Å². The molecule has 0 saturated carbocycles. The van der Waals surface area contributed by atoms with Crippen molar-refractivity contribution in [1.29, 1.82) is 0 Å². The first-order valence-electron chi connectivity index (χ1n) is 3.93. The number of nitrogens with one attached hydrogen (secondary N) is 1. The van der Waals surface area contributed by atoms with Gasteiger partial charge in [-0.25, -0.2) is 25.3 Å². The molecule has 0 atom stereocenters. The highest BCUT2D eigenvalue weighted by Crippen LogP contribution is 2.19. The Morgan fingerprint density at radius 2 is 1.53 bits per heavy atom. The first-order chi connectivity index (χ1) is 7.47. The van der Waals surface area contributed by atoms with Gasteiger partial charge in [-0.15, -0.1) is 0 Å². The number of hydrogen-bond acceptors (Lipinski definition) is 7. The van der Waals surface area contributed by atoms with E-state index in [1.807, 2.05) is 0 Å². The predicted molar refractivity (Wildman–Crippen MR) is 57.3 cm³/mol. The molecule has 1 N–H and O–H groups in total. The van der Waals surface area contributed by atoms with E-state index in [0.29, 0.717) is 12.5 Å². The lowest BCUT2D eigenvalue weighted by Crippen LogP contribution is -2.40. The highest BCUT2D eigenvalue weighted by molar-refractivity contribution is 8.17. The van der Waals surface area contributed by atoms with Gasteiger partial charge < -0.3 is 0 Å². The van der Waals surface area contributed by atoms with Crippen LogP contribution in [0.1, 0.15) is 0 Å². The Morgan fingerprint density at radius 1 is 1.06 bits per heavy atom. The van der Waals surface area contributed by atoms with Crippen LogP contribution in [0.25, 0.3) is 0 Å². The van der Waals surface area contributed by atoms with E-state index in [-0.39, 0.29) is 0 Å². The third kappa shape index (κ3) is 2.83. The van der Waals surface area contributed by atoms with Crippen LogP contribution in [0.5, 0.6) is 0 Å². The predicted octanol–water partition coefficient (Wildman–Crippen LogP) is -1.68. The van der Waals surface area contributed by atoms with E-state index in [0.717, 1.165) is 12.3 Å². The molecule has 1 rings (SSSR count). The largest absolute Gasteiger partial charge is 0.289 e. The Labute approximate surface area is 98.6 Å². The lowest BCUT2D eigenvalue weighted by molar-refractivity contribution is 0.533. The normalized spacial score (nSPS) is 14.1. The molecule has 17 heavy (non-hydrogen) atoms. The SMILES string of the molecule is CS(=O)(=O)N(S(C)(=O)=O)S(=O)(=O)c1cc[nH]n1. The molecule has 1 aromatic rings. The average Bonchev–Trinajstić information content (AvgIpc) is 2.46. The number of nitrogens with zero attached hydrogens (tertiary/aromatic N) is 2. The topological polar surface area (TPSA) is 134 Å². The van der Waals surface area contributed by atoms with Crippen molar-refractivity contribution in [3.63, 3.8) is 0 Å². The van der Waals surface area contributed by atoms with Crippen LogP contribution in [0.2, 0.25) is 0 Å². The van der Waals surface area contributed by atoms with E-state index < -0.39 is 38.2 Å². The molecule has 0 radical (unpaired) electrons. The number of sulfonamides is 3. The van der Waals surface area contributed by atoms with E-state index in [9.17, 15) is 25.3 Å². The molecule has 0 aliphatic carbocycles. The van der Waals surface area contributed by atoms with Gasteiger partial charge in [0.2, 0.25) is 20.0 Å². The standard InChI is InChI=1S/C5H9N3O6S3/c1-15(9,10)8(16(2,11)12)17(13,14)5-3-4-6-7-5/h3-4H,1-2H3,(H,6,7). The molecule has 0 bridgehead atoms. The Morgan fingerprint density at radius 3 is 1.82 bits per heavy atom. The van der Waals surface area contributed by atoms with Crippen molar-refractivity contribution in [1.82, 2.24) is 13.3 Å². The maximum Gasteiger partial charge on any atom is 0.289 e. The molecule has 0 saturated heterocycles. The second-order valence-electron chi connectivity index (χ2n) is 3.08. The van der Waals surface area contributed by atoms with Gasteiger partial charge in [0, 0.05) is 9.31 Å². The van der Waals surface area contributed by atoms with Crippen LogP contribution < -0.4 is 0 Å². The van der Waals surface area contributed by atoms with Crippen LogP contribution in [0, 0.1) is 0 Å². The van der Waals surface area contributed by atoms with Gasteiger partial charge in [0.1, 0.15) is 0 Å². The quantitative estimate of drug-likeness (QED) is 0.701. The van der Waals surface area contributed by atoms with Crippen LogP contribution in [-0.4, -0.2) is 51.1 Å². The minimum atomic E-state index is -4.76. The van der Waals surface area contributed by atoms with Gasteiger partial charge in [0.15, 0.2) is 5.03 Å². The number of H-pyrrole nitrogens is 1. The van der Waals surface area contributed by atoms with Crippen molar-refractivity contribution < 1.29 is 25.3 Å². The number of hydrogen-bond donors (Lipinski definition) is 1. The van der Waals surface area contributed by atoms with E-state index in [1.54, 1.807) is 0 Å². The van der Waals surface area contributed by atoms with Gasteiger partial charge in [-0.3, -0.25) is 5.10 Å². The third-order valence-electron chi connectivity index (χ3n) is 1.48. The van der Waals surface area contributed by atoms with Gasteiger partial charge in [0.05, 0.1) is 12.5 Å². The molecule has 0 fully saturated rings. The summed E-state index contributed by atoms with van der Waals surface area (Å²) in [6.07, 6.45) is 2.06. The number of rotatable bonds is 4. The summed E-state index contributed by atoms with van der Waals surface area (Å²) < 4.78 is 68.0. The van der Waals surface area contributed by atoms with Gasteiger partial charge in [-0.1, -0.05) is 0 Å². The molecule has 9 nitrogen and oxygen atoms in total. The monoisotopic (exact) mass is 303 g/mol. The van der Waals surface area contributed by atoms with Crippen molar-refractivity contribution in [2.45, 2.75) is 5.03 Å². The third-order valence-corrected chi connectivity index (χ3v) is 8.14. The van der Waals surface area contributed by atoms with E-state index in [2.05, 4.69) is 10.2 Å². The summed E-state index contributed by atoms with van der Waals surface area (Å²) >= 11 is 0. The Bertz CT molecular complexity index is 667. The molecule has 1 aromatic heterocycles. The lowest BCUT2D eigenvalue weighted by Gasteiger charge is -2.15. The molecule has 0 aromatic carbocycles. The highest BCUT2D eigenvalue weighted by atomic mass is 32.3. The minimum Gasteiger partial charge on any atom is -0.284 e. The smallest absolute Gasteiger partial charge is 0.284 e. The molecule has 98 valence electrons. The van der Waals surface area contributed by atoms with E-state index in [1.165, 1.54) is 0 Å². The molecular formula is C5H9N3O6S3. The lowest BCUT2D eigenvalue weighted by atomic mass is 10.8. The summed E-state index contributed by atoms with van der Waals surface area (Å²) in [5, 5.41) is 4.70. The summed E-state index contributed by atoms with van der Waals surface area (Å²) in [6, 6.07) is 0.943. The first-order valence-corrected chi connectivity index (χ1v) is 9.06. The van der Waals surface area contributed by atoms with E-state index >= 15 is 0 Å². The molecule has 12 heteroatoms. The van der Waals surface area contributed by atoms with Crippen molar-refractivity contribution in [2.75, 3.05) is 12.5 Å². The Balaban J connectivity index is 3.59. The fraction of sp³-hybridized carbons (Fsp3) is 0.400. The zero-order valence-electron chi connectivity index (χ0n) is 8.72. The second kappa shape index (κ2) is 4.04. The molecule has 0 unspecified atom stereocenters. The van der Waals surface area contributed by atoms with Crippen molar-refractivity contribution in [2.24, 2.45) is 0 Å². The molecule has 1 heterocycles. The van der Waals surface area contributed by atoms with Crippen LogP contribution in [0.4, 0.5) is 0 Å². The summed E-state index contributed by atoms with van der Waals surface area (Å²) in [6.45, 7) is 0. The van der Waals surface area contributed by atoms with Gasteiger partial charge >= 0.3 is 0 Å². The van der Waals surface area contributed by atoms with Crippen molar-refractivity contribution in [3.8, 4) is 0 Å². The van der Waals surface area contributed by atoms with Gasteiger partial charge in [-0.05, 0) is 6.07 Å². The number of aromatic amines is 1. The summed E-state index contributed by atoms with van der Waals surface area (Å²) in [4.78, 5) is 0. The summed E-state index contributed by atoms with van der Waals surface area (Å²) in [5.41, 5.74) is 0. The summed E-state index contributed by atoms with van der Waals surface area (Å²) in [5.74, 6) is 0. The van der Waals surface area contributed by atoms with Crippen LogP contribution in [-0.2, 0) is 30.1 Å². The maximum absolute atomic E-state index is 11.8. The fourth-order valence-corrected chi connectivity index (χ4v) is 6.91. The molecule has 0 spiro atoms. The summed E-state index contributed by atoms with van der Waals surface area (Å²) in [7, 11) is -13.8. The van der Waals surface area contributed by atoms with Crippen molar-refractivity contribution in [3.05, 3.63) is 12.3 Å². The molecular weight excluding hydrogens is 294 g/mol. The van der Waals surface area contributed by atoms with Gasteiger partial charge in [0.25, 0.3) is 10.0 Å². The molecule has 0 aliphatic rings. The maximum atomic E-state index is 11.8. The Kier molecular flexibility index (Phi) is 3.35. The van der Waals surface area contributed by atoms with Crippen LogP contribution in [0.15, 0.2) is 17.3 Å². The van der Waals surface area contributed by atoms with Gasteiger partial charge in [-0.2, -0.15) is 5.10 Å². The highest BCUT2D eigenvalue weighted by Gasteiger charge is 2.41. The van der Waals surface area contributed by atoms with Crippen molar-refractivity contribution >= 4 is 30.1 Å². The second-order valence-corrected chi connectivity index (χ2v) is 9.17. The molecule has 0 amide bonds. The minimum absolute atomic E-state index is 0.470. The zero-order valence-corrected chi connectivity index (χ0v) is 11.2.